The van der Waals surface area contributed by atoms with Gasteiger partial charge in [0.05, 0.1) is 5.69 Å². The number of anilines is 1. The van der Waals surface area contributed by atoms with Crippen LogP contribution in [-0.2, 0) is 0 Å². The van der Waals surface area contributed by atoms with Gasteiger partial charge in [-0.2, -0.15) is 0 Å². The zero-order valence-corrected chi connectivity index (χ0v) is 14.9. The Bertz CT molecular complexity index is 685. The van der Waals surface area contributed by atoms with Crippen molar-refractivity contribution in [2.24, 2.45) is 0 Å². The lowest BCUT2D eigenvalue weighted by atomic mass is 9.96. The van der Waals surface area contributed by atoms with Crippen LogP contribution in [0.5, 0.6) is 11.5 Å². The number of carbonyl (C=O) groups excluding carboxylic acids is 1. The van der Waals surface area contributed by atoms with Gasteiger partial charge >= 0.3 is 6.03 Å². The van der Waals surface area contributed by atoms with Gasteiger partial charge in [-0.25, -0.2) is 4.79 Å². The third kappa shape index (κ3) is 5.69. The molecule has 1 fully saturated rings. The number of rotatable bonds is 7. The number of carbonyl (C=O) groups is 1. The highest BCUT2D eigenvalue weighted by atomic mass is 16.5. The van der Waals surface area contributed by atoms with Crippen LogP contribution in [0.2, 0.25) is 0 Å². The van der Waals surface area contributed by atoms with Crippen molar-refractivity contribution < 1.29 is 14.3 Å². The van der Waals surface area contributed by atoms with Crippen LogP contribution in [0.15, 0.2) is 54.6 Å². The van der Waals surface area contributed by atoms with Crippen LogP contribution in [0, 0.1) is 0 Å². The minimum absolute atomic E-state index is 0.173. The number of hydrogen-bond acceptors (Lipinski definition) is 3. The topological polar surface area (TPSA) is 59.6 Å². The molecule has 138 valence electrons. The van der Waals surface area contributed by atoms with E-state index in [1.807, 2.05) is 54.6 Å². The lowest BCUT2D eigenvalue weighted by molar-refractivity contribution is 0.217. The Morgan fingerprint density at radius 1 is 0.885 bits per heavy atom. The van der Waals surface area contributed by atoms with Crippen molar-refractivity contribution in [1.29, 1.82) is 0 Å². The summed E-state index contributed by atoms with van der Waals surface area (Å²) in [6, 6.07) is 17.2. The van der Waals surface area contributed by atoms with Crippen LogP contribution >= 0.6 is 0 Å². The van der Waals surface area contributed by atoms with E-state index in [0.717, 1.165) is 18.6 Å². The van der Waals surface area contributed by atoms with E-state index in [9.17, 15) is 4.79 Å². The van der Waals surface area contributed by atoms with Crippen molar-refractivity contribution in [2.75, 3.05) is 18.5 Å². The molecule has 0 radical (unpaired) electrons. The van der Waals surface area contributed by atoms with E-state index >= 15 is 0 Å². The summed E-state index contributed by atoms with van der Waals surface area (Å²) in [6.07, 6.45) is 5.75. The summed E-state index contributed by atoms with van der Waals surface area (Å²) in [5.41, 5.74) is 0.667. The monoisotopic (exact) mass is 354 g/mol. The Morgan fingerprint density at radius 3 is 2.38 bits per heavy atom. The van der Waals surface area contributed by atoms with E-state index in [1.54, 1.807) is 0 Å². The summed E-state index contributed by atoms with van der Waals surface area (Å²) in [6.45, 7) is 0.838. The molecule has 26 heavy (non-hydrogen) atoms. The van der Waals surface area contributed by atoms with Gasteiger partial charge in [0.15, 0.2) is 0 Å². The van der Waals surface area contributed by atoms with E-state index in [0.29, 0.717) is 24.7 Å². The van der Waals surface area contributed by atoms with Gasteiger partial charge < -0.3 is 20.1 Å². The summed E-state index contributed by atoms with van der Waals surface area (Å²) in [7, 11) is 0. The molecule has 2 aromatic rings. The number of hydrogen-bond donors (Lipinski definition) is 2. The first-order valence-electron chi connectivity index (χ1n) is 9.28. The molecule has 5 heteroatoms. The van der Waals surface area contributed by atoms with Crippen LogP contribution in [0.3, 0.4) is 0 Å². The highest BCUT2D eigenvalue weighted by molar-refractivity contribution is 5.91. The van der Waals surface area contributed by atoms with Gasteiger partial charge in [0.25, 0.3) is 0 Å². The fourth-order valence-electron chi connectivity index (χ4n) is 3.11. The van der Waals surface area contributed by atoms with Crippen LogP contribution in [0.25, 0.3) is 0 Å². The summed E-state index contributed by atoms with van der Waals surface area (Å²) in [5.74, 6) is 1.46. The van der Waals surface area contributed by atoms with Crippen LogP contribution in [-0.4, -0.2) is 25.3 Å². The first-order valence-corrected chi connectivity index (χ1v) is 9.28. The average molecular weight is 354 g/mol. The number of nitrogens with one attached hydrogen (secondary N) is 2. The largest absolute Gasteiger partial charge is 0.490 e. The predicted molar refractivity (Wildman–Crippen MR) is 103 cm³/mol. The van der Waals surface area contributed by atoms with Crippen LogP contribution in [0.4, 0.5) is 10.5 Å². The molecule has 2 N–H and O–H groups in total. The van der Waals surface area contributed by atoms with E-state index in [-0.39, 0.29) is 12.1 Å². The SMILES string of the molecule is O=C(Nc1ccccc1OCCOc1ccccc1)NC1CCCCC1. The predicted octanol–water partition coefficient (Wildman–Crippen LogP) is 4.60. The molecule has 3 rings (SSSR count). The molecule has 0 unspecified atom stereocenters. The summed E-state index contributed by atoms with van der Waals surface area (Å²) >= 11 is 0. The molecule has 1 saturated carbocycles. The van der Waals surface area contributed by atoms with Gasteiger partial charge in [-0.05, 0) is 37.1 Å². The second-order valence-electron chi connectivity index (χ2n) is 6.44. The third-order valence-electron chi connectivity index (χ3n) is 4.43. The molecule has 0 saturated heterocycles. The van der Waals surface area contributed by atoms with E-state index in [2.05, 4.69) is 10.6 Å². The highest BCUT2D eigenvalue weighted by Gasteiger charge is 2.16. The highest BCUT2D eigenvalue weighted by Crippen LogP contribution is 2.24. The lowest BCUT2D eigenvalue weighted by Crippen LogP contribution is -2.39. The Hall–Kier alpha value is -2.69. The molecule has 0 bridgehead atoms. The fraction of sp³-hybridized carbons (Fsp3) is 0.381. The molecular weight excluding hydrogens is 328 g/mol. The molecule has 1 aliphatic carbocycles. The standard InChI is InChI=1S/C21H26N2O3/c24-21(22-17-9-3-1-4-10-17)23-19-13-7-8-14-20(19)26-16-15-25-18-11-5-2-6-12-18/h2,5-8,11-14,17H,1,3-4,9-10,15-16H2,(H2,22,23,24). The van der Waals surface area contributed by atoms with Crippen molar-refractivity contribution in [3.8, 4) is 11.5 Å². The van der Waals surface area contributed by atoms with Gasteiger partial charge in [0.2, 0.25) is 0 Å². The van der Waals surface area contributed by atoms with Gasteiger partial charge in [0.1, 0.15) is 24.7 Å². The lowest BCUT2D eigenvalue weighted by Gasteiger charge is -2.23. The minimum atomic E-state index is -0.173. The van der Waals surface area contributed by atoms with Gasteiger partial charge in [0, 0.05) is 6.04 Å². The minimum Gasteiger partial charge on any atom is -0.490 e. The number of para-hydroxylation sites is 3. The maximum absolute atomic E-state index is 12.2. The summed E-state index contributed by atoms with van der Waals surface area (Å²) in [5, 5.41) is 5.95. The smallest absolute Gasteiger partial charge is 0.319 e. The van der Waals surface area contributed by atoms with Crippen LogP contribution in [0.1, 0.15) is 32.1 Å². The number of benzene rings is 2. The number of ether oxygens (including phenoxy) is 2. The zero-order valence-electron chi connectivity index (χ0n) is 14.9. The Kier molecular flexibility index (Phi) is 6.76. The molecule has 1 aliphatic rings. The van der Waals surface area contributed by atoms with Crippen molar-refractivity contribution in [2.45, 2.75) is 38.1 Å². The normalized spacial score (nSPS) is 14.5. The molecule has 0 atom stereocenters. The molecule has 0 heterocycles. The Balaban J connectivity index is 1.46. The summed E-state index contributed by atoms with van der Waals surface area (Å²) < 4.78 is 11.4. The molecule has 2 amide bonds. The second-order valence-corrected chi connectivity index (χ2v) is 6.44. The van der Waals surface area contributed by atoms with Crippen molar-refractivity contribution >= 4 is 11.7 Å². The average Bonchev–Trinajstić information content (AvgIpc) is 2.68. The maximum Gasteiger partial charge on any atom is 0.319 e. The summed E-state index contributed by atoms with van der Waals surface area (Å²) in [4.78, 5) is 12.2. The van der Waals surface area contributed by atoms with Crippen LogP contribution < -0.4 is 20.1 Å². The molecular formula is C21H26N2O3. The van der Waals surface area contributed by atoms with Crippen molar-refractivity contribution in [3.63, 3.8) is 0 Å². The van der Waals surface area contributed by atoms with Gasteiger partial charge in [-0.15, -0.1) is 0 Å². The first-order chi connectivity index (χ1) is 12.8. The van der Waals surface area contributed by atoms with E-state index < -0.39 is 0 Å². The van der Waals surface area contributed by atoms with E-state index in [1.165, 1.54) is 19.3 Å². The number of urea groups is 1. The van der Waals surface area contributed by atoms with Gasteiger partial charge in [-0.3, -0.25) is 0 Å². The Morgan fingerprint density at radius 2 is 1.58 bits per heavy atom. The Labute approximate surface area is 154 Å². The molecule has 0 spiro atoms. The van der Waals surface area contributed by atoms with Crippen molar-refractivity contribution in [1.82, 2.24) is 5.32 Å². The molecule has 2 aromatic carbocycles. The van der Waals surface area contributed by atoms with Gasteiger partial charge in [-0.1, -0.05) is 49.6 Å². The van der Waals surface area contributed by atoms with E-state index in [4.69, 9.17) is 9.47 Å². The zero-order chi connectivity index (χ0) is 18.0. The maximum atomic E-state index is 12.2. The second kappa shape index (κ2) is 9.70. The fourth-order valence-corrected chi connectivity index (χ4v) is 3.11. The van der Waals surface area contributed by atoms with Crippen molar-refractivity contribution in [3.05, 3.63) is 54.6 Å². The first kappa shape index (κ1) is 18.1. The third-order valence-corrected chi connectivity index (χ3v) is 4.43. The number of amides is 2. The quantitative estimate of drug-likeness (QED) is 0.715. The molecule has 5 nitrogen and oxygen atoms in total. The molecule has 0 aromatic heterocycles. The molecule has 0 aliphatic heterocycles.